The van der Waals surface area contributed by atoms with Crippen LogP contribution in [0.5, 0.6) is 0 Å². The van der Waals surface area contributed by atoms with Gasteiger partial charge in [-0.3, -0.25) is 4.79 Å². The molecule has 0 aromatic carbocycles. The standard InChI is InChI=1S/C17H38O4Si2/c1-8-9-10-11-12-13-17(18)19-14-16(21-23(5,6)7)15-20-22(2,3)4/h16H,8-15H2,1-7H3. The van der Waals surface area contributed by atoms with Gasteiger partial charge in [0.2, 0.25) is 0 Å². The summed E-state index contributed by atoms with van der Waals surface area (Å²) in [6.07, 6.45) is 6.07. The predicted octanol–water partition coefficient (Wildman–Crippen LogP) is 4.96. The molecule has 0 saturated heterocycles. The molecule has 0 radical (unpaired) electrons. The van der Waals surface area contributed by atoms with Crippen molar-refractivity contribution < 1.29 is 18.4 Å². The summed E-state index contributed by atoms with van der Waals surface area (Å²) in [5.74, 6) is -0.112. The van der Waals surface area contributed by atoms with Gasteiger partial charge in [-0.05, 0) is 45.7 Å². The van der Waals surface area contributed by atoms with Gasteiger partial charge in [-0.15, -0.1) is 0 Å². The monoisotopic (exact) mass is 362 g/mol. The van der Waals surface area contributed by atoms with E-state index in [0.29, 0.717) is 19.6 Å². The van der Waals surface area contributed by atoms with E-state index in [1.54, 1.807) is 0 Å². The van der Waals surface area contributed by atoms with Crippen LogP contribution >= 0.6 is 0 Å². The van der Waals surface area contributed by atoms with Crippen molar-refractivity contribution in [3.8, 4) is 0 Å². The van der Waals surface area contributed by atoms with Gasteiger partial charge in [0, 0.05) is 6.42 Å². The Bertz CT molecular complexity index is 322. The first-order valence-electron chi connectivity index (χ1n) is 9.01. The molecule has 0 fully saturated rings. The van der Waals surface area contributed by atoms with Crippen LogP contribution in [0.15, 0.2) is 0 Å². The van der Waals surface area contributed by atoms with Crippen molar-refractivity contribution in [2.45, 2.75) is 90.8 Å². The molecule has 4 nitrogen and oxygen atoms in total. The van der Waals surface area contributed by atoms with Crippen molar-refractivity contribution in [3.05, 3.63) is 0 Å². The number of ether oxygens (including phenoxy) is 1. The molecule has 0 aromatic rings. The summed E-state index contributed by atoms with van der Waals surface area (Å²) >= 11 is 0. The largest absolute Gasteiger partial charge is 0.463 e. The van der Waals surface area contributed by atoms with E-state index in [2.05, 4.69) is 46.2 Å². The van der Waals surface area contributed by atoms with Gasteiger partial charge in [-0.25, -0.2) is 0 Å². The highest BCUT2D eigenvalue weighted by Gasteiger charge is 2.25. The molecule has 0 bridgehead atoms. The van der Waals surface area contributed by atoms with E-state index in [0.717, 1.165) is 12.8 Å². The van der Waals surface area contributed by atoms with Crippen molar-refractivity contribution in [1.29, 1.82) is 0 Å². The SMILES string of the molecule is CCCCCCCC(=O)OCC(CO[Si](C)(C)C)O[Si](C)(C)C. The third-order valence-electron chi connectivity index (χ3n) is 3.14. The van der Waals surface area contributed by atoms with E-state index >= 15 is 0 Å². The highest BCUT2D eigenvalue weighted by molar-refractivity contribution is 6.70. The number of carbonyl (C=O) groups excluding carboxylic acids is 1. The van der Waals surface area contributed by atoms with Crippen LogP contribution in [0.1, 0.15) is 45.4 Å². The molecular formula is C17H38O4Si2. The molecule has 0 saturated carbocycles. The average Bonchev–Trinajstić information content (AvgIpc) is 2.39. The van der Waals surface area contributed by atoms with E-state index in [4.69, 9.17) is 13.6 Å². The number of hydrogen-bond donors (Lipinski definition) is 0. The molecule has 0 aliphatic rings. The molecule has 0 spiro atoms. The Morgan fingerprint density at radius 2 is 1.48 bits per heavy atom. The molecule has 0 heterocycles. The van der Waals surface area contributed by atoms with Crippen molar-refractivity contribution in [1.82, 2.24) is 0 Å². The minimum Gasteiger partial charge on any atom is -0.463 e. The highest BCUT2D eigenvalue weighted by Crippen LogP contribution is 2.12. The molecule has 138 valence electrons. The summed E-state index contributed by atoms with van der Waals surface area (Å²) in [6.45, 7) is 15.9. The number of unbranched alkanes of at least 4 members (excludes halogenated alkanes) is 4. The maximum Gasteiger partial charge on any atom is 0.305 e. The van der Waals surface area contributed by atoms with Crippen LogP contribution in [-0.4, -0.2) is 41.9 Å². The number of rotatable bonds is 13. The van der Waals surface area contributed by atoms with Gasteiger partial charge >= 0.3 is 5.97 Å². The van der Waals surface area contributed by atoms with E-state index in [1.165, 1.54) is 19.3 Å². The molecule has 23 heavy (non-hydrogen) atoms. The number of esters is 1. The average molecular weight is 363 g/mol. The van der Waals surface area contributed by atoms with Crippen LogP contribution in [0.25, 0.3) is 0 Å². The van der Waals surface area contributed by atoms with Gasteiger partial charge in [0.05, 0.1) is 6.61 Å². The maximum atomic E-state index is 11.8. The first kappa shape index (κ1) is 22.8. The Morgan fingerprint density at radius 3 is 2.00 bits per heavy atom. The molecule has 0 amide bonds. The Morgan fingerprint density at radius 1 is 0.870 bits per heavy atom. The zero-order chi connectivity index (χ0) is 17.9. The lowest BCUT2D eigenvalue weighted by Gasteiger charge is -2.28. The lowest BCUT2D eigenvalue weighted by atomic mass is 10.1. The smallest absolute Gasteiger partial charge is 0.305 e. The summed E-state index contributed by atoms with van der Waals surface area (Å²) in [4.78, 5) is 11.8. The zero-order valence-corrected chi connectivity index (χ0v) is 18.4. The molecule has 0 aliphatic heterocycles. The maximum absolute atomic E-state index is 11.8. The van der Waals surface area contributed by atoms with E-state index < -0.39 is 16.6 Å². The summed E-state index contributed by atoms with van der Waals surface area (Å²) < 4.78 is 17.5. The lowest BCUT2D eigenvalue weighted by molar-refractivity contribution is -0.146. The molecule has 6 heteroatoms. The van der Waals surface area contributed by atoms with Gasteiger partial charge in [-0.1, -0.05) is 32.6 Å². The normalized spacial score (nSPS) is 13.9. The van der Waals surface area contributed by atoms with Crippen LogP contribution in [0.3, 0.4) is 0 Å². The van der Waals surface area contributed by atoms with Crippen molar-refractivity contribution in [2.75, 3.05) is 13.2 Å². The molecule has 0 aliphatic carbocycles. The second-order valence-corrected chi connectivity index (χ2v) is 17.1. The van der Waals surface area contributed by atoms with Crippen LogP contribution in [0.4, 0.5) is 0 Å². The summed E-state index contributed by atoms with van der Waals surface area (Å²) in [7, 11) is -3.28. The van der Waals surface area contributed by atoms with Gasteiger partial charge in [0.1, 0.15) is 12.7 Å². The summed E-state index contributed by atoms with van der Waals surface area (Å²) in [5, 5.41) is 0. The summed E-state index contributed by atoms with van der Waals surface area (Å²) in [6, 6.07) is 0. The van der Waals surface area contributed by atoms with Gasteiger partial charge in [-0.2, -0.15) is 0 Å². The summed E-state index contributed by atoms with van der Waals surface area (Å²) in [5.41, 5.74) is 0. The zero-order valence-electron chi connectivity index (χ0n) is 16.4. The van der Waals surface area contributed by atoms with Crippen LogP contribution in [-0.2, 0) is 18.4 Å². The third kappa shape index (κ3) is 16.5. The second-order valence-electron chi connectivity index (χ2n) is 8.12. The van der Waals surface area contributed by atoms with Crippen molar-refractivity contribution in [2.24, 2.45) is 0 Å². The van der Waals surface area contributed by atoms with E-state index in [-0.39, 0.29) is 12.1 Å². The highest BCUT2D eigenvalue weighted by atomic mass is 28.4. The minimum absolute atomic E-state index is 0.112. The molecule has 1 unspecified atom stereocenters. The van der Waals surface area contributed by atoms with Gasteiger partial charge < -0.3 is 13.6 Å². The van der Waals surface area contributed by atoms with E-state index in [1.807, 2.05) is 0 Å². The molecular weight excluding hydrogens is 324 g/mol. The third-order valence-corrected chi connectivity index (χ3v) is 5.21. The van der Waals surface area contributed by atoms with Gasteiger partial charge in [0.25, 0.3) is 0 Å². The Kier molecular flexibility index (Phi) is 11.3. The Labute approximate surface area is 145 Å². The van der Waals surface area contributed by atoms with Crippen LogP contribution in [0.2, 0.25) is 39.3 Å². The Balaban J connectivity index is 4.13. The van der Waals surface area contributed by atoms with Crippen molar-refractivity contribution in [3.63, 3.8) is 0 Å². The van der Waals surface area contributed by atoms with Crippen LogP contribution in [0, 0.1) is 0 Å². The Hall–Kier alpha value is -0.176. The molecule has 0 rings (SSSR count). The molecule has 0 N–H and O–H groups in total. The first-order chi connectivity index (χ1) is 10.5. The van der Waals surface area contributed by atoms with E-state index in [9.17, 15) is 4.79 Å². The van der Waals surface area contributed by atoms with Crippen molar-refractivity contribution >= 4 is 22.6 Å². The predicted molar refractivity (Wildman–Crippen MR) is 102 cm³/mol. The quantitative estimate of drug-likeness (QED) is 0.264. The molecule has 1 atom stereocenters. The fourth-order valence-electron chi connectivity index (χ4n) is 2.09. The molecule has 0 aromatic heterocycles. The second kappa shape index (κ2) is 11.4. The first-order valence-corrected chi connectivity index (χ1v) is 15.8. The number of carbonyl (C=O) groups is 1. The fourth-order valence-corrected chi connectivity index (χ4v) is 3.91. The number of hydrogen-bond acceptors (Lipinski definition) is 4. The lowest BCUT2D eigenvalue weighted by Crippen LogP contribution is -2.40. The fraction of sp³-hybridized carbons (Fsp3) is 0.941. The van der Waals surface area contributed by atoms with Crippen LogP contribution < -0.4 is 0 Å². The topological polar surface area (TPSA) is 44.8 Å². The van der Waals surface area contributed by atoms with Gasteiger partial charge in [0.15, 0.2) is 16.6 Å². The minimum atomic E-state index is -1.68.